The molecule has 25 heavy (non-hydrogen) atoms. The minimum absolute atomic E-state index is 0.0471. The Kier molecular flexibility index (Phi) is 3.97. The molecule has 0 aromatic rings. The number of hydrogen-bond acceptors (Lipinski definition) is 3. The molecule has 3 nitrogen and oxygen atoms in total. The van der Waals surface area contributed by atoms with Gasteiger partial charge >= 0.3 is 5.97 Å². The van der Waals surface area contributed by atoms with E-state index in [2.05, 4.69) is 13.8 Å². The van der Waals surface area contributed by atoms with Crippen molar-refractivity contribution >= 4 is 11.8 Å². The van der Waals surface area contributed by atoms with Crippen LogP contribution >= 0.6 is 0 Å². The zero-order valence-electron chi connectivity index (χ0n) is 15.8. The van der Waals surface area contributed by atoms with Crippen molar-refractivity contribution in [1.29, 1.82) is 0 Å². The molecule has 0 saturated heterocycles. The quantitative estimate of drug-likeness (QED) is 0.537. The number of hydrogen-bond donors (Lipinski definition) is 0. The first-order valence-electron chi connectivity index (χ1n) is 9.93. The first-order chi connectivity index (χ1) is 11.8. The molecule has 4 atom stereocenters. The van der Waals surface area contributed by atoms with Crippen molar-refractivity contribution in [3.63, 3.8) is 0 Å². The first kappa shape index (κ1) is 17.1. The molecule has 3 heteroatoms. The molecule has 4 rings (SSSR count). The standard InChI is InChI=1S/C22H30O3/c1-14(23)25-13-21(2)10-9-18-17-5-4-15-12-16(24)8-11-22(15,3)20(17)7-6-19(18)21/h12,17,20H,4-11,13H2,1-3H3/t17-,20-,21+,22-/m0/s1. The summed E-state index contributed by atoms with van der Waals surface area (Å²) >= 11 is 0. The van der Waals surface area contributed by atoms with Gasteiger partial charge in [-0.3, -0.25) is 9.59 Å². The zero-order valence-corrected chi connectivity index (χ0v) is 15.8. The van der Waals surface area contributed by atoms with Crippen LogP contribution in [0.3, 0.4) is 0 Å². The van der Waals surface area contributed by atoms with Gasteiger partial charge in [-0.25, -0.2) is 0 Å². The minimum atomic E-state index is -0.171. The van der Waals surface area contributed by atoms with E-state index in [9.17, 15) is 9.59 Å². The fourth-order valence-electron chi connectivity index (χ4n) is 6.34. The molecule has 0 bridgehead atoms. The van der Waals surface area contributed by atoms with Crippen LogP contribution in [0.1, 0.15) is 72.1 Å². The van der Waals surface area contributed by atoms with E-state index in [0.29, 0.717) is 24.2 Å². The van der Waals surface area contributed by atoms with Crippen LogP contribution in [0.2, 0.25) is 0 Å². The van der Waals surface area contributed by atoms with Gasteiger partial charge in [-0.15, -0.1) is 0 Å². The molecule has 1 fully saturated rings. The van der Waals surface area contributed by atoms with Gasteiger partial charge in [0.25, 0.3) is 0 Å². The number of esters is 1. The van der Waals surface area contributed by atoms with Crippen LogP contribution in [-0.2, 0) is 14.3 Å². The van der Waals surface area contributed by atoms with Gasteiger partial charge in [0.05, 0.1) is 0 Å². The van der Waals surface area contributed by atoms with Crippen molar-refractivity contribution < 1.29 is 14.3 Å². The number of carbonyl (C=O) groups is 2. The molecule has 0 aliphatic heterocycles. The molecule has 1 saturated carbocycles. The number of fused-ring (bicyclic) bond motifs is 4. The topological polar surface area (TPSA) is 43.4 Å². The molecule has 4 aliphatic carbocycles. The van der Waals surface area contributed by atoms with Gasteiger partial charge < -0.3 is 4.74 Å². The Morgan fingerprint density at radius 1 is 1.16 bits per heavy atom. The highest BCUT2D eigenvalue weighted by molar-refractivity contribution is 5.91. The third-order valence-electron chi connectivity index (χ3n) is 7.80. The Labute approximate surface area is 150 Å². The summed E-state index contributed by atoms with van der Waals surface area (Å²) in [6.45, 7) is 6.74. The first-order valence-corrected chi connectivity index (χ1v) is 9.93. The number of ether oxygens (including phenoxy) is 1. The van der Waals surface area contributed by atoms with Gasteiger partial charge in [0.15, 0.2) is 5.78 Å². The number of carbonyl (C=O) groups excluding carboxylic acids is 2. The predicted octanol–water partition coefficient (Wildman–Crippen LogP) is 4.76. The summed E-state index contributed by atoms with van der Waals surface area (Å²) in [6, 6.07) is 0. The fraction of sp³-hybridized carbons (Fsp3) is 0.727. The highest BCUT2D eigenvalue weighted by atomic mass is 16.5. The molecule has 0 spiro atoms. The van der Waals surface area contributed by atoms with E-state index < -0.39 is 0 Å². The Morgan fingerprint density at radius 3 is 2.72 bits per heavy atom. The molecule has 0 amide bonds. The lowest BCUT2D eigenvalue weighted by Gasteiger charge is -2.52. The van der Waals surface area contributed by atoms with Crippen LogP contribution in [-0.4, -0.2) is 18.4 Å². The Bertz CT molecular complexity index is 685. The maximum absolute atomic E-state index is 11.9. The van der Waals surface area contributed by atoms with E-state index in [0.717, 1.165) is 32.1 Å². The molecule has 0 radical (unpaired) electrons. The summed E-state index contributed by atoms with van der Waals surface area (Å²) in [4.78, 5) is 23.2. The lowest BCUT2D eigenvalue weighted by atomic mass is 9.52. The van der Waals surface area contributed by atoms with Crippen LogP contribution < -0.4 is 0 Å². The second kappa shape index (κ2) is 5.82. The van der Waals surface area contributed by atoms with Crippen molar-refractivity contribution in [2.24, 2.45) is 22.7 Å². The highest BCUT2D eigenvalue weighted by Gasteiger charge is 2.52. The lowest BCUT2D eigenvalue weighted by molar-refractivity contribution is -0.143. The largest absolute Gasteiger partial charge is 0.465 e. The van der Waals surface area contributed by atoms with Gasteiger partial charge in [0.1, 0.15) is 6.61 Å². The molecule has 0 heterocycles. The van der Waals surface area contributed by atoms with Gasteiger partial charge in [-0.1, -0.05) is 30.6 Å². The van der Waals surface area contributed by atoms with Crippen molar-refractivity contribution in [1.82, 2.24) is 0 Å². The number of ketones is 1. The minimum Gasteiger partial charge on any atom is -0.465 e. The molecule has 136 valence electrons. The molecule has 0 N–H and O–H groups in total. The average Bonchev–Trinajstić information content (AvgIpc) is 2.92. The summed E-state index contributed by atoms with van der Waals surface area (Å²) in [5, 5.41) is 0. The molecule has 0 unspecified atom stereocenters. The fourth-order valence-corrected chi connectivity index (χ4v) is 6.34. The maximum atomic E-state index is 11.9. The van der Waals surface area contributed by atoms with E-state index in [1.165, 1.54) is 31.8 Å². The number of allylic oxidation sites excluding steroid dienone is 3. The average molecular weight is 342 g/mol. The van der Waals surface area contributed by atoms with Crippen molar-refractivity contribution in [2.75, 3.05) is 6.61 Å². The van der Waals surface area contributed by atoms with Crippen LogP contribution in [0.25, 0.3) is 0 Å². The van der Waals surface area contributed by atoms with Crippen LogP contribution in [0.4, 0.5) is 0 Å². The van der Waals surface area contributed by atoms with E-state index >= 15 is 0 Å². The molecular formula is C22H30O3. The van der Waals surface area contributed by atoms with E-state index in [1.54, 1.807) is 11.1 Å². The van der Waals surface area contributed by atoms with Crippen LogP contribution in [0.15, 0.2) is 22.8 Å². The zero-order chi connectivity index (χ0) is 17.8. The maximum Gasteiger partial charge on any atom is 0.302 e. The van der Waals surface area contributed by atoms with Crippen molar-refractivity contribution in [2.45, 2.75) is 72.1 Å². The van der Waals surface area contributed by atoms with Gasteiger partial charge in [0, 0.05) is 18.8 Å². The van der Waals surface area contributed by atoms with Crippen LogP contribution in [0, 0.1) is 22.7 Å². The lowest BCUT2D eigenvalue weighted by Crippen LogP contribution is -2.43. The van der Waals surface area contributed by atoms with E-state index in [4.69, 9.17) is 4.74 Å². The highest BCUT2D eigenvalue weighted by Crippen LogP contribution is 2.62. The Hall–Kier alpha value is -1.38. The monoisotopic (exact) mass is 342 g/mol. The summed E-state index contributed by atoms with van der Waals surface area (Å²) in [6.07, 6.45) is 10.7. The SMILES string of the molecule is CC(=O)OC[C@@]1(C)CCC2=C1CC[C@H]1[C@H]2CCC2=CC(=O)CC[C@@]21C. The molecule has 0 aromatic heterocycles. The summed E-state index contributed by atoms with van der Waals surface area (Å²) < 4.78 is 5.41. The normalized spacial score (nSPS) is 40.1. The van der Waals surface area contributed by atoms with Crippen LogP contribution in [0.5, 0.6) is 0 Å². The second-order valence-corrected chi connectivity index (χ2v) is 9.19. The molecular weight excluding hydrogens is 312 g/mol. The molecule has 0 aromatic carbocycles. The smallest absolute Gasteiger partial charge is 0.302 e. The number of rotatable bonds is 2. The summed E-state index contributed by atoms with van der Waals surface area (Å²) in [5.41, 5.74) is 4.98. The third kappa shape index (κ3) is 2.62. The van der Waals surface area contributed by atoms with Gasteiger partial charge in [-0.2, -0.15) is 0 Å². The second-order valence-electron chi connectivity index (χ2n) is 9.19. The summed E-state index contributed by atoms with van der Waals surface area (Å²) in [7, 11) is 0. The van der Waals surface area contributed by atoms with Gasteiger partial charge in [-0.05, 0) is 68.3 Å². The van der Waals surface area contributed by atoms with E-state index in [-0.39, 0.29) is 16.8 Å². The van der Waals surface area contributed by atoms with Crippen molar-refractivity contribution in [3.05, 3.63) is 22.8 Å². The third-order valence-corrected chi connectivity index (χ3v) is 7.80. The van der Waals surface area contributed by atoms with Crippen molar-refractivity contribution in [3.8, 4) is 0 Å². The van der Waals surface area contributed by atoms with E-state index in [1.807, 2.05) is 6.08 Å². The predicted molar refractivity (Wildman–Crippen MR) is 96.9 cm³/mol. The molecule has 4 aliphatic rings. The Balaban J connectivity index is 1.63. The van der Waals surface area contributed by atoms with Gasteiger partial charge in [0.2, 0.25) is 0 Å². The summed E-state index contributed by atoms with van der Waals surface area (Å²) in [5.74, 6) is 1.53. The Morgan fingerprint density at radius 2 is 1.96 bits per heavy atom.